The minimum Gasteiger partial charge on any atom is -0.464 e. The van der Waals surface area contributed by atoms with Gasteiger partial charge in [-0.1, -0.05) is 0 Å². The quantitative estimate of drug-likeness (QED) is 0.607. The summed E-state index contributed by atoms with van der Waals surface area (Å²) in [6, 6.07) is 0. The Bertz CT molecular complexity index is 157. The fourth-order valence-corrected chi connectivity index (χ4v) is 1.35. The van der Waals surface area contributed by atoms with Crippen LogP contribution in [0.25, 0.3) is 0 Å². The summed E-state index contributed by atoms with van der Waals surface area (Å²) in [7, 11) is 0. The van der Waals surface area contributed by atoms with Gasteiger partial charge in [0.2, 0.25) is 0 Å². The number of nitrogens with one attached hydrogen (secondary N) is 1. The molecule has 70 valence electrons. The second-order valence-electron chi connectivity index (χ2n) is 2.70. The summed E-state index contributed by atoms with van der Waals surface area (Å²) >= 11 is 0. The largest absolute Gasteiger partial charge is 0.464 e. The van der Waals surface area contributed by atoms with E-state index in [1.54, 1.807) is 0 Å². The Balaban J connectivity index is 2.46. The van der Waals surface area contributed by atoms with Crippen molar-refractivity contribution < 1.29 is 9.90 Å². The van der Waals surface area contributed by atoms with E-state index in [-0.39, 0.29) is 0 Å². The van der Waals surface area contributed by atoms with Gasteiger partial charge in [-0.25, -0.2) is 14.8 Å². The molecule has 2 N–H and O–H groups in total. The minimum atomic E-state index is -0.862. The van der Waals surface area contributed by atoms with Crippen molar-refractivity contribution in [3.05, 3.63) is 0 Å². The van der Waals surface area contributed by atoms with Crippen LogP contribution in [-0.4, -0.2) is 53.9 Å². The molecule has 1 aliphatic rings. The molecule has 0 unspecified atom stereocenters. The van der Waals surface area contributed by atoms with E-state index < -0.39 is 6.09 Å². The molecule has 0 radical (unpaired) electrons. The van der Waals surface area contributed by atoms with Gasteiger partial charge < -0.3 is 10.4 Å². The lowest BCUT2D eigenvalue weighted by atomic mass is 10.4. The molecule has 0 atom stereocenters. The third kappa shape index (κ3) is 2.09. The van der Waals surface area contributed by atoms with Gasteiger partial charge in [-0.15, -0.1) is 0 Å². The summed E-state index contributed by atoms with van der Waals surface area (Å²) < 4.78 is 0. The van der Waals surface area contributed by atoms with E-state index in [4.69, 9.17) is 5.11 Å². The van der Waals surface area contributed by atoms with Gasteiger partial charge in [-0.05, 0) is 6.92 Å². The molecule has 0 aromatic rings. The Kier molecular flexibility index (Phi) is 3.31. The molecule has 1 heterocycles. The van der Waals surface area contributed by atoms with Gasteiger partial charge in [-0.3, -0.25) is 0 Å². The Morgan fingerprint density at radius 2 is 2.17 bits per heavy atom. The lowest BCUT2D eigenvalue weighted by Gasteiger charge is -2.34. The number of hydrogen-bond acceptors (Lipinski definition) is 3. The third-order valence-corrected chi connectivity index (χ3v) is 1.96. The Hall–Kier alpha value is -0.810. The molecule has 0 aromatic heterocycles. The molecule has 1 amide bonds. The third-order valence-electron chi connectivity index (χ3n) is 1.96. The molecule has 1 rings (SSSR count). The van der Waals surface area contributed by atoms with Crippen molar-refractivity contribution in [1.82, 2.24) is 15.3 Å². The fraction of sp³-hybridized carbons (Fsp3) is 0.857. The van der Waals surface area contributed by atoms with Gasteiger partial charge >= 0.3 is 6.09 Å². The average molecular weight is 173 g/mol. The van der Waals surface area contributed by atoms with Crippen LogP contribution in [0, 0.1) is 0 Å². The Morgan fingerprint density at radius 1 is 1.58 bits per heavy atom. The summed E-state index contributed by atoms with van der Waals surface area (Å²) in [6.07, 6.45) is -0.862. The molecule has 1 saturated heterocycles. The molecule has 5 heteroatoms. The summed E-state index contributed by atoms with van der Waals surface area (Å²) in [5, 5.41) is 15.2. The van der Waals surface area contributed by atoms with Crippen molar-refractivity contribution >= 4 is 6.09 Å². The highest BCUT2D eigenvalue weighted by molar-refractivity contribution is 5.64. The summed E-state index contributed by atoms with van der Waals surface area (Å²) in [5.41, 5.74) is 0. The van der Waals surface area contributed by atoms with E-state index in [2.05, 4.69) is 5.32 Å². The van der Waals surface area contributed by atoms with Gasteiger partial charge in [0.15, 0.2) is 0 Å². The minimum absolute atomic E-state index is 0.523. The van der Waals surface area contributed by atoms with Gasteiger partial charge in [0.1, 0.15) is 0 Å². The molecule has 0 saturated carbocycles. The molecule has 0 bridgehead atoms. The van der Waals surface area contributed by atoms with Gasteiger partial charge in [0, 0.05) is 32.7 Å². The summed E-state index contributed by atoms with van der Waals surface area (Å²) in [4.78, 5) is 10.7. The smallest absolute Gasteiger partial charge is 0.421 e. The molecule has 12 heavy (non-hydrogen) atoms. The van der Waals surface area contributed by atoms with Crippen LogP contribution in [0.2, 0.25) is 0 Å². The van der Waals surface area contributed by atoms with E-state index in [1.165, 1.54) is 5.01 Å². The van der Waals surface area contributed by atoms with Crippen molar-refractivity contribution in [2.45, 2.75) is 6.92 Å². The SMILES string of the molecule is CCN(C(=O)O)N1CCNCC1. The Morgan fingerprint density at radius 3 is 2.58 bits per heavy atom. The van der Waals surface area contributed by atoms with Crippen LogP contribution < -0.4 is 5.32 Å². The monoisotopic (exact) mass is 173 g/mol. The number of rotatable bonds is 2. The first-order chi connectivity index (χ1) is 5.75. The maximum atomic E-state index is 10.7. The first-order valence-electron chi connectivity index (χ1n) is 4.21. The molecule has 5 nitrogen and oxygen atoms in total. The van der Waals surface area contributed by atoms with Crippen LogP contribution >= 0.6 is 0 Å². The second-order valence-corrected chi connectivity index (χ2v) is 2.70. The van der Waals surface area contributed by atoms with Crippen molar-refractivity contribution in [3.8, 4) is 0 Å². The first kappa shape index (κ1) is 9.28. The zero-order valence-corrected chi connectivity index (χ0v) is 7.29. The number of hydrogen-bond donors (Lipinski definition) is 2. The van der Waals surface area contributed by atoms with Crippen LogP contribution in [0.15, 0.2) is 0 Å². The van der Waals surface area contributed by atoms with E-state index >= 15 is 0 Å². The van der Waals surface area contributed by atoms with Gasteiger partial charge in [0.05, 0.1) is 0 Å². The first-order valence-corrected chi connectivity index (χ1v) is 4.21. The number of nitrogens with zero attached hydrogens (tertiary/aromatic N) is 2. The van der Waals surface area contributed by atoms with Crippen molar-refractivity contribution in [3.63, 3.8) is 0 Å². The number of amides is 1. The summed E-state index contributed by atoms with van der Waals surface area (Å²) in [5.74, 6) is 0. The number of piperazine rings is 1. The van der Waals surface area contributed by atoms with E-state index in [1.807, 2.05) is 11.9 Å². The van der Waals surface area contributed by atoms with Crippen LogP contribution in [0.5, 0.6) is 0 Å². The van der Waals surface area contributed by atoms with Crippen LogP contribution in [0.1, 0.15) is 6.92 Å². The van der Waals surface area contributed by atoms with Crippen molar-refractivity contribution in [2.75, 3.05) is 32.7 Å². The van der Waals surface area contributed by atoms with Crippen LogP contribution in [0.4, 0.5) is 4.79 Å². The predicted octanol–water partition coefficient (Wildman–Crippen LogP) is -0.194. The van der Waals surface area contributed by atoms with E-state index in [0.29, 0.717) is 6.54 Å². The molecular weight excluding hydrogens is 158 g/mol. The van der Waals surface area contributed by atoms with Gasteiger partial charge in [0.25, 0.3) is 0 Å². The van der Waals surface area contributed by atoms with Gasteiger partial charge in [-0.2, -0.15) is 0 Å². The zero-order valence-electron chi connectivity index (χ0n) is 7.29. The molecule has 0 aromatic carbocycles. The molecule has 1 aliphatic heterocycles. The lowest BCUT2D eigenvalue weighted by Crippen LogP contribution is -2.54. The second kappa shape index (κ2) is 4.27. The molecule has 0 spiro atoms. The van der Waals surface area contributed by atoms with Crippen LogP contribution in [0.3, 0.4) is 0 Å². The molecule has 0 aliphatic carbocycles. The highest BCUT2D eigenvalue weighted by atomic mass is 16.4. The highest BCUT2D eigenvalue weighted by Gasteiger charge is 2.19. The maximum absolute atomic E-state index is 10.7. The van der Waals surface area contributed by atoms with Crippen molar-refractivity contribution in [1.29, 1.82) is 0 Å². The molecular formula is C7H15N3O2. The standard InChI is InChI=1S/C7H15N3O2/c1-2-10(7(11)12)9-5-3-8-4-6-9/h8H,2-6H2,1H3,(H,11,12). The highest BCUT2D eigenvalue weighted by Crippen LogP contribution is 1.99. The fourth-order valence-electron chi connectivity index (χ4n) is 1.35. The van der Waals surface area contributed by atoms with E-state index in [0.717, 1.165) is 26.2 Å². The predicted molar refractivity (Wildman–Crippen MR) is 44.8 cm³/mol. The number of carboxylic acid groups (broad SMARTS) is 1. The Labute approximate surface area is 71.9 Å². The van der Waals surface area contributed by atoms with Crippen molar-refractivity contribution in [2.24, 2.45) is 0 Å². The number of carbonyl (C=O) groups is 1. The normalized spacial score (nSPS) is 19.1. The topological polar surface area (TPSA) is 55.8 Å². The lowest BCUT2D eigenvalue weighted by molar-refractivity contribution is -0.0134. The summed E-state index contributed by atoms with van der Waals surface area (Å²) in [6.45, 7) is 5.65. The average Bonchev–Trinajstić information content (AvgIpc) is 2.07. The zero-order chi connectivity index (χ0) is 8.97. The molecule has 1 fully saturated rings. The maximum Gasteiger partial charge on any atom is 0.421 e. The number of hydrazine groups is 1. The van der Waals surface area contributed by atoms with Crippen LogP contribution in [-0.2, 0) is 0 Å². The van der Waals surface area contributed by atoms with E-state index in [9.17, 15) is 4.79 Å².